The monoisotopic (exact) mass is 212 g/mol. The SMILES string of the molecule is C=C/C(=C\C)C(N=C)=NCc1ccccc1. The van der Waals surface area contributed by atoms with Gasteiger partial charge in [0, 0.05) is 5.57 Å². The van der Waals surface area contributed by atoms with Gasteiger partial charge in [-0.25, -0.2) is 4.99 Å². The molecule has 0 N–H and O–H groups in total. The summed E-state index contributed by atoms with van der Waals surface area (Å²) in [5, 5.41) is 0. The van der Waals surface area contributed by atoms with Gasteiger partial charge in [0.25, 0.3) is 0 Å². The van der Waals surface area contributed by atoms with Gasteiger partial charge < -0.3 is 0 Å². The van der Waals surface area contributed by atoms with Crippen molar-refractivity contribution in [3.8, 4) is 0 Å². The molecule has 0 aliphatic heterocycles. The second-order valence-electron chi connectivity index (χ2n) is 3.23. The van der Waals surface area contributed by atoms with Crippen LogP contribution in [-0.4, -0.2) is 12.6 Å². The Morgan fingerprint density at radius 3 is 2.50 bits per heavy atom. The summed E-state index contributed by atoms with van der Waals surface area (Å²) in [5.74, 6) is 0.640. The Balaban J connectivity index is 2.82. The molecule has 0 heterocycles. The normalized spacial score (nSPS) is 12.3. The number of benzene rings is 1. The van der Waals surface area contributed by atoms with Gasteiger partial charge in [-0.05, 0) is 19.2 Å². The summed E-state index contributed by atoms with van der Waals surface area (Å²) >= 11 is 0. The third-order valence-electron chi connectivity index (χ3n) is 2.19. The van der Waals surface area contributed by atoms with Crippen LogP contribution in [0.25, 0.3) is 0 Å². The summed E-state index contributed by atoms with van der Waals surface area (Å²) < 4.78 is 0. The lowest BCUT2D eigenvalue weighted by Gasteiger charge is -2.01. The number of amidine groups is 1. The molecule has 82 valence electrons. The van der Waals surface area contributed by atoms with E-state index in [1.54, 1.807) is 6.08 Å². The van der Waals surface area contributed by atoms with E-state index < -0.39 is 0 Å². The van der Waals surface area contributed by atoms with E-state index in [2.05, 4.69) is 23.3 Å². The Hall–Kier alpha value is -1.96. The minimum Gasteiger partial charge on any atom is -0.261 e. The number of nitrogens with zero attached hydrogens (tertiary/aromatic N) is 2. The molecule has 0 fully saturated rings. The molecule has 0 amide bonds. The average Bonchev–Trinajstić information content (AvgIpc) is 2.35. The molecule has 2 heteroatoms. The maximum absolute atomic E-state index is 4.40. The van der Waals surface area contributed by atoms with Crippen molar-refractivity contribution >= 4 is 12.6 Å². The molecule has 0 spiro atoms. The fourth-order valence-electron chi connectivity index (χ4n) is 1.32. The molecule has 0 saturated carbocycles. The van der Waals surface area contributed by atoms with Gasteiger partial charge in [-0.3, -0.25) is 4.99 Å². The van der Waals surface area contributed by atoms with Crippen LogP contribution < -0.4 is 0 Å². The average molecular weight is 212 g/mol. The Bertz CT molecular complexity index is 414. The minimum absolute atomic E-state index is 0.611. The third-order valence-corrected chi connectivity index (χ3v) is 2.19. The third kappa shape index (κ3) is 3.31. The van der Waals surface area contributed by atoms with Gasteiger partial charge in [-0.1, -0.05) is 49.1 Å². The summed E-state index contributed by atoms with van der Waals surface area (Å²) in [6.45, 7) is 9.78. The maximum Gasteiger partial charge on any atom is 0.153 e. The van der Waals surface area contributed by atoms with E-state index in [1.807, 2.05) is 43.3 Å². The van der Waals surface area contributed by atoms with Crippen molar-refractivity contribution in [3.05, 3.63) is 60.2 Å². The summed E-state index contributed by atoms with van der Waals surface area (Å²) in [7, 11) is 0. The van der Waals surface area contributed by atoms with Crippen LogP contribution in [0.1, 0.15) is 12.5 Å². The Kier molecular flexibility index (Phi) is 4.93. The fourth-order valence-corrected chi connectivity index (χ4v) is 1.32. The highest BCUT2D eigenvalue weighted by molar-refractivity contribution is 6.03. The number of allylic oxidation sites excluding steroid dienone is 1. The zero-order valence-corrected chi connectivity index (χ0v) is 9.56. The molecule has 0 aliphatic rings. The molecular formula is C14H16N2. The lowest BCUT2D eigenvalue weighted by atomic mass is 10.2. The van der Waals surface area contributed by atoms with Crippen LogP contribution >= 0.6 is 0 Å². The zero-order chi connectivity index (χ0) is 11.8. The number of hydrogen-bond acceptors (Lipinski definition) is 1. The molecule has 2 nitrogen and oxygen atoms in total. The van der Waals surface area contributed by atoms with E-state index in [1.165, 1.54) is 0 Å². The minimum atomic E-state index is 0.611. The van der Waals surface area contributed by atoms with Crippen LogP contribution in [0.5, 0.6) is 0 Å². The Labute approximate surface area is 96.8 Å². The number of hydrogen-bond donors (Lipinski definition) is 0. The highest BCUT2D eigenvalue weighted by atomic mass is 14.9. The first-order valence-electron chi connectivity index (χ1n) is 5.16. The van der Waals surface area contributed by atoms with Gasteiger partial charge in [0.05, 0.1) is 6.54 Å². The molecule has 0 aliphatic carbocycles. The predicted octanol–water partition coefficient (Wildman–Crippen LogP) is 3.42. The van der Waals surface area contributed by atoms with Gasteiger partial charge in [0.1, 0.15) is 0 Å². The molecule has 0 saturated heterocycles. The molecular weight excluding hydrogens is 196 g/mol. The highest BCUT2D eigenvalue weighted by Crippen LogP contribution is 2.05. The summed E-state index contributed by atoms with van der Waals surface area (Å²) in [6, 6.07) is 10.0. The van der Waals surface area contributed by atoms with E-state index in [-0.39, 0.29) is 0 Å². The van der Waals surface area contributed by atoms with Gasteiger partial charge in [-0.2, -0.15) is 0 Å². The molecule has 16 heavy (non-hydrogen) atoms. The van der Waals surface area contributed by atoms with Crippen LogP contribution in [0.4, 0.5) is 0 Å². The quantitative estimate of drug-likeness (QED) is 0.415. The number of aliphatic imine (C=N–C) groups is 2. The van der Waals surface area contributed by atoms with E-state index in [0.29, 0.717) is 12.4 Å². The first-order chi connectivity index (χ1) is 7.81. The first kappa shape index (κ1) is 12.1. The highest BCUT2D eigenvalue weighted by Gasteiger charge is 1.98. The van der Waals surface area contributed by atoms with Crippen LogP contribution in [0.2, 0.25) is 0 Å². The van der Waals surface area contributed by atoms with Crippen molar-refractivity contribution in [2.24, 2.45) is 9.98 Å². The van der Waals surface area contributed by atoms with Crippen LogP contribution in [0.3, 0.4) is 0 Å². The molecule has 0 atom stereocenters. The summed E-state index contributed by atoms with van der Waals surface area (Å²) in [5.41, 5.74) is 2.06. The van der Waals surface area contributed by atoms with E-state index in [9.17, 15) is 0 Å². The lowest BCUT2D eigenvalue weighted by molar-refractivity contribution is 1.06. The van der Waals surface area contributed by atoms with Crippen molar-refractivity contribution in [2.75, 3.05) is 0 Å². The smallest absolute Gasteiger partial charge is 0.153 e. The van der Waals surface area contributed by atoms with E-state index in [0.717, 1.165) is 11.1 Å². The first-order valence-corrected chi connectivity index (χ1v) is 5.16. The van der Waals surface area contributed by atoms with Crippen LogP contribution in [0.15, 0.2) is 64.6 Å². The van der Waals surface area contributed by atoms with Crippen molar-refractivity contribution in [1.29, 1.82) is 0 Å². The summed E-state index contributed by atoms with van der Waals surface area (Å²) in [4.78, 5) is 8.31. The van der Waals surface area contributed by atoms with Crippen molar-refractivity contribution < 1.29 is 0 Å². The second kappa shape index (κ2) is 6.51. The fraction of sp³-hybridized carbons (Fsp3) is 0.143. The molecule has 0 unspecified atom stereocenters. The molecule has 0 aromatic heterocycles. The van der Waals surface area contributed by atoms with Gasteiger partial charge in [-0.15, -0.1) is 0 Å². The topological polar surface area (TPSA) is 24.7 Å². The maximum atomic E-state index is 4.40. The largest absolute Gasteiger partial charge is 0.261 e. The second-order valence-corrected chi connectivity index (χ2v) is 3.23. The van der Waals surface area contributed by atoms with Gasteiger partial charge in [0.15, 0.2) is 5.84 Å². The Morgan fingerprint density at radius 1 is 1.31 bits per heavy atom. The molecule has 0 radical (unpaired) electrons. The molecule has 0 bridgehead atoms. The van der Waals surface area contributed by atoms with Crippen molar-refractivity contribution in [3.63, 3.8) is 0 Å². The van der Waals surface area contributed by atoms with E-state index in [4.69, 9.17) is 0 Å². The van der Waals surface area contributed by atoms with Gasteiger partial charge >= 0.3 is 0 Å². The molecule has 1 rings (SSSR count). The zero-order valence-electron chi connectivity index (χ0n) is 9.56. The number of rotatable bonds is 4. The lowest BCUT2D eigenvalue weighted by Crippen LogP contribution is -1.97. The van der Waals surface area contributed by atoms with Gasteiger partial charge in [0.2, 0.25) is 0 Å². The van der Waals surface area contributed by atoms with E-state index >= 15 is 0 Å². The van der Waals surface area contributed by atoms with Crippen LogP contribution in [0, 0.1) is 0 Å². The predicted molar refractivity (Wildman–Crippen MR) is 71.1 cm³/mol. The standard InChI is InChI=1S/C14H16N2/c1-4-13(5-2)14(15-3)16-11-12-9-7-6-8-10-12/h4-10H,1,3,11H2,2H3/b13-5+,16-14?. The summed E-state index contributed by atoms with van der Waals surface area (Å²) in [6.07, 6.45) is 3.66. The van der Waals surface area contributed by atoms with Crippen molar-refractivity contribution in [2.45, 2.75) is 13.5 Å². The van der Waals surface area contributed by atoms with Crippen LogP contribution in [-0.2, 0) is 6.54 Å². The molecule has 1 aromatic rings. The Morgan fingerprint density at radius 2 is 2.00 bits per heavy atom. The van der Waals surface area contributed by atoms with Crippen molar-refractivity contribution in [1.82, 2.24) is 0 Å². The molecule has 1 aromatic carbocycles.